The summed E-state index contributed by atoms with van der Waals surface area (Å²) < 4.78 is 1.08. The highest BCUT2D eigenvalue weighted by molar-refractivity contribution is 8.01. The molecular formula is C22H24N10O8S3. The second kappa shape index (κ2) is 13.0. The number of carboxylic acids is 2. The largest absolute Gasteiger partial charge is 0.477 e. The fraction of sp³-hybridized carbons (Fsp3) is 0.455. The third-order valence-corrected chi connectivity index (χ3v) is 9.71. The van der Waals surface area contributed by atoms with Crippen LogP contribution in [0.5, 0.6) is 0 Å². The Labute approximate surface area is 254 Å². The van der Waals surface area contributed by atoms with Crippen molar-refractivity contribution >= 4 is 75.2 Å². The zero-order valence-electron chi connectivity index (χ0n) is 22.0. The Hall–Kier alpha value is -4.24. The summed E-state index contributed by atoms with van der Waals surface area (Å²) >= 11 is 3.40. The molecule has 0 radical (unpaired) electrons. The first kappa shape index (κ1) is 30.2. The fourth-order valence-electron chi connectivity index (χ4n) is 4.56. The van der Waals surface area contributed by atoms with Gasteiger partial charge in [0.25, 0.3) is 11.8 Å². The number of tetrazole rings is 1. The molecule has 2 atom stereocenters. The Kier molecular flexibility index (Phi) is 9.11. The van der Waals surface area contributed by atoms with Crippen molar-refractivity contribution in [3.63, 3.8) is 0 Å². The molecule has 2 aliphatic heterocycles. The molecule has 43 heavy (non-hydrogen) atoms. The summed E-state index contributed by atoms with van der Waals surface area (Å²) in [5.74, 6) is -3.85. The van der Waals surface area contributed by atoms with E-state index in [-0.39, 0.29) is 45.0 Å². The number of fused-ring (bicyclic) bond motifs is 1. The summed E-state index contributed by atoms with van der Waals surface area (Å²) in [6, 6.07) is -1.02. The predicted molar refractivity (Wildman–Crippen MR) is 151 cm³/mol. The van der Waals surface area contributed by atoms with Crippen LogP contribution in [0.15, 0.2) is 32.1 Å². The number of thiazole rings is 1. The highest BCUT2D eigenvalue weighted by Crippen LogP contribution is 2.41. The number of carbonyl (C=O) groups excluding carboxylic acids is 2. The second-order valence-corrected chi connectivity index (χ2v) is 12.3. The molecule has 1 aliphatic carbocycles. The summed E-state index contributed by atoms with van der Waals surface area (Å²) in [6.45, 7) is -0.431. The lowest BCUT2D eigenvalue weighted by molar-refractivity contribution is -0.150. The van der Waals surface area contributed by atoms with Crippen LogP contribution >= 0.6 is 34.9 Å². The number of rotatable bonds is 12. The summed E-state index contributed by atoms with van der Waals surface area (Å²) in [4.78, 5) is 60.7. The first-order valence-corrected chi connectivity index (χ1v) is 15.6. The quantitative estimate of drug-likeness (QED) is 0.0655. The van der Waals surface area contributed by atoms with Gasteiger partial charge in [-0.3, -0.25) is 14.5 Å². The molecule has 1 saturated heterocycles. The van der Waals surface area contributed by atoms with Gasteiger partial charge in [0.05, 0.1) is 6.54 Å². The second-order valence-electron chi connectivity index (χ2n) is 9.40. The smallest absolute Gasteiger partial charge is 0.355 e. The number of nitrogens with one attached hydrogen (secondary N) is 1. The van der Waals surface area contributed by atoms with Crippen molar-refractivity contribution < 1.29 is 39.4 Å². The van der Waals surface area contributed by atoms with Gasteiger partial charge in [0.2, 0.25) is 5.16 Å². The van der Waals surface area contributed by atoms with Crippen LogP contribution in [0, 0.1) is 0 Å². The molecule has 3 aliphatic rings. The van der Waals surface area contributed by atoms with Gasteiger partial charge in [-0.1, -0.05) is 22.1 Å². The lowest BCUT2D eigenvalue weighted by Crippen LogP contribution is -2.71. The Morgan fingerprint density at radius 3 is 2.67 bits per heavy atom. The third kappa shape index (κ3) is 6.41. The highest BCUT2D eigenvalue weighted by Gasteiger charge is 2.54. The van der Waals surface area contributed by atoms with E-state index in [0.29, 0.717) is 5.57 Å². The van der Waals surface area contributed by atoms with E-state index in [1.807, 2.05) is 0 Å². The zero-order valence-corrected chi connectivity index (χ0v) is 24.5. The van der Waals surface area contributed by atoms with Gasteiger partial charge < -0.3 is 31.3 Å². The Morgan fingerprint density at radius 1 is 1.26 bits per heavy atom. The number of carbonyl (C=O) groups is 4. The van der Waals surface area contributed by atoms with Gasteiger partial charge >= 0.3 is 11.9 Å². The van der Waals surface area contributed by atoms with Crippen LogP contribution in [0.1, 0.15) is 31.4 Å². The summed E-state index contributed by atoms with van der Waals surface area (Å²) in [5, 5.41) is 49.6. The maximum Gasteiger partial charge on any atom is 0.355 e. The van der Waals surface area contributed by atoms with Crippen LogP contribution in [0.3, 0.4) is 0 Å². The van der Waals surface area contributed by atoms with Gasteiger partial charge in [-0.25, -0.2) is 19.3 Å². The number of hydrogen-bond donors (Lipinski definition) is 5. The minimum absolute atomic E-state index is 0.0573. The highest BCUT2D eigenvalue weighted by atomic mass is 32.2. The number of anilines is 1. The molecule has 1 unspecified atom stereocenters. The Morgan fingerprint density at radius 2 is 2.02 bits per heavy atom. The average Bonchev–Trinajstić information content (AvgIpc) is 3.76. The van der Waals surface area contributed by atoms with E-state index in [2.05, 4.69) is 36.1 Å². The van der Waals surface area contributed by atoms with E-state index < -0.39 is 47.4 Å². The van der Waals surface area contributed by atoms with E-state index in [0.717, 1.165) is 58.4 Å². The molecule has 18 nitrogen and oxygen atoms in total. The van der Waals surface area contributed by atoms with Crippen molar-refractivity contribution in [3.8, 4) is 0 Å². The molecule has 2 fully saturated rings. The molecule has 228 valence electrons. The zero-order chi connectivity index (χ0) is 30.7. The van der Waals surface area contributed by atoms with Crippen LogP contribution in [0.2, 0.25) is 0 Å². The number of nitrogens with two attached hydrogens (primary N) is 1. The number of nitrogen functional groups attached to an aromatic ring is 1. The minimum Gasteiger partial charge on any atom is -0.477 e. The van der Waals surface area contributed by atoms with Crippen molar-refractivity contribution in [2.75, 3.05) is 17.2 Å². The van der Waals surface area contributed by atoms with E-state index >= 15 is 0 Å². The van der Waals surface area contributed by atoms with Gasteiger partial charge in [-0.15, -0.1) is 28.2 Å². The van der Waals surface area contributed by atoms with Crippen molar-refractivity contribution in [3.05, 3.63) is 22.3 Å². The minimum atomic E-state index is -1.46. The standard InChI is InChI=1S/C22H24N10O8S3/c23-21-24-12(8-42-21)13(28-40-10-3-1-2-4-10)16(33)25-14-17(34)32-15(20(37)38)9(6-41-18(14)32)7-43-22-26-29-30-31(22)5-11(27-39)19(35)36/h8,10,14,18,39H,1-7H2,(H2,23,24)(H,25,33)(H,35,36)(H,37,38)/t14?,18-/m0/s1. The van der Waals surface area contributed by atoms with Crippen LogP contribution < -0.4 is 11.1 Å². The maximum absolute atomic E-state index is 13.3. The molecule has 2 aromatic heterocycles. The number of oxime groups is 2. The predicted octanol–water partition coefficient (Wildman–Crippen LogP) is -0.179. The maximum atomic E-state index is 13.3. The lowest BCUT2D eigenvalue weighted by atomic mass is 10.0. The molecule has 21 heteroatoms. The van der Waals surface area contributed by atoms with E-state index in [4.69, 9.17) is 20.9 Å². The molecule has 1 saturated carbocycles. The summed E-state index contributed by atoms with van der Waals surface area (Å²) in [7, 11) is 0. The summed E-state index contributed by atoms with van der Waals surface area (Å²) in [5.41, 5.74) is 5.38. The van der Waals surface area contributed by atoms with Crippen LogP contribution in [0.4, 0.5) is 5.13 Å². The number of aromatic nitrogens is 5. The number of carboxylic acid groups (broad SMARTS) is 2. The molecule has 0 aromatic carbocycles. The lowest BCUT2D eigenvalue weighted by Gasteiger charge is -2.49. The van der Waals surface area contributed by atoms with Gasteiger partial charge in [0.15, 0.2) is 16.6 Å². The van der Waals surface area contributed by atoms with Crippen LogP contribution in [-0.2, 0) is 30.6 Å². The number of aliphatic carboxylic acids is 2. The Bertz CT molecular complexity index is 1530. The first-order chi connectivity index (χ1) is 20.7. The molecule has 0 bridgehead atoms. The molecule has 4 heterocycles. The number of amides is 2. The average molecular weight is 653 g/mol. The van der Waals surface area contributed by atoms with Crippen molar-refractivity contribution in [2.45, 2.75) is 54.9 Å². The van der Waals surface area contributed by atoms with E-state index in [1.54, 1.807) is 5.38 Å². The van der Waals surface area contributed by atoms with Crippen LogP contribution in [-0.4, -0.2) is 110 Å². The van der Waals surface area contributed by atoms with Gasteiger partial charge in [-0.05, 0) is 41.7 Å². The topological polar surface area (TPSA) is 261 Å². The molecule has 0 spiro atoms. The first-order valence-electron chi connectivity index (χ1n) is 12.7. The SMILES string of the molecule is Nc1nc(C(=NOC2CCCC2)C(=O)NC2C(=O)N3C(C(=O)O)=C(CSc4nnnn4CC(=NO)C(=O)O)CS[C@@H]23)cs1. The number of hydrogen-bond acceptors (Lipinski definition) is 16. The third-order valence-electron chi connectivity index (χ3n) is 6.65. The van der Waals surface area contributed by atoms with Crippen molar-refractivity contribution in [1.82, 2.24) is 35.4 Å². The normalized spacial score (nSPS) is 21.0. The van der Waals surface area contributed by atoms with Gasteiger partial charge in [0, 0.05) is 16.9 Å². The number of β-lactam (4-membered cyclic amide) rings is 1. The van der Waals surface area contributed by atoms with Gasteiger partial charge in [-0.2, -0.15) is 0 Å². The molecular weight excluding hydrogens is 629 g/mol. The fourth-order valence-corrected chi connectivity index (χ4v) is 7.47. The molecule has 2 aromatic rings. The van der Waals surface area contributed by atoms with Gasteiger partial charge in [0.1, 0.15) is 28.9 Å². The molecule has 5 rings (SSSR count). The Balaban J connectivity index is 1.28. The van der Waals surface area contributed by atoms with E-state index in [9.17, 15) is 24.3 Å². The monoisotopic (exact) mass is 652 g/mol. The summed E-state index contributed by atoms with van der Waals surface area (Å²) in [6.07, 6.45) is 3.49. The number of nitrogens with zero attached hydrogens (tertiary/aromatic N) is 8. The molecule has 2 amide bonds. The van der Waals surface area contributed by atoms with E-state index in [1.165, 1.54) is 11.8 Å². The van der Waals surface area contributed by atoms with Crippen molar-refractivity contribution in [1.29, 1.82) is 0 Å². The number of thioether (sulfide) groups is 2. The molecule has 6 N–H and O–H groups in total. The van der Waals surface area contributed by atoms with Crippen LogP contribution in [0.25, 0.3) is 0 Å². The van der Waals surface area contributed by atoms with Crippen molar-refractivity contribution in [2.24, 2.45) is 10.3 Å².